The van der Waals surface area contributed by atoms with E-state index < -0.39 is 0 Å². The molecule has 3 rings (SSSR count). The van der Waals surface area contributed by atoms with Gasteiger partial charge in [-0.05, 0) is 24.1 Å². The molecule has 2 heterocycles. The molecule has 1 aromatic heterocycles. The minimum atomic E-state index is -0.243. The lowest BCUT2D eigenvalue weighted by Crippen LogP contribution is -2.38. The third-order valence-corrected chi connectivity index (χ3v) is 3.50. The standard InChI is InChI=1S/C15H18FN3O2/c1-2-3-14-17-18-15(21-14)19-8-9-20-13(10-19)11-4-6-12(16)7-5-11/h4-7,13H,2-3,8-10H2,1H3. The fraction of sp³-hybridized carbons (Fsp3) is 0.467. The first-order valence-electron chi connectivity index (χ1n) is 7.20. The van der Waals surface area contributed by atoms with E-state index in [-0.39, 0.29) is 11.9 Å². The predicted molar refractivity (Wildman–Crippen MR) is 75.6 cm³/mol. The van der Waals surface area contributed by atoms with Crippen molar-refractivity contribution in [2.45, 2.75) is 25.9 Å². The van der Waals surface area contributed by atoms with Crippen molar-refractivity contribution in [3.05, 3.63) is 41.5 Å². The van der Waals surface area contributed by atoms with Crippen molar-refractivity contribution >= 4 is 6.01 Å². The summed E-state index contributed by atoms with van der Waals surface area (Å²) in [7, 11) is 0. The maximum Gasteiger partial charge on any atom is 0.318 e. The highest BCUT2D eigenvalue weighted by Crippen LogP contribution is 2.25. The second kappa shape index (κ2) is 6.22. The zero-order valence-electron chi connectivity index (χ0n) is 12.0. The third-order valence-electron chi connectivity index (χ3n) is 3.50. The highest BCUT2D eigenvalue weighted by atomic mass is 19.1. The molecular weight excluding hydrogens is 273 g/mol. The molecule has 0 N–H and O–H groups in total. The SMILES string of the molecule is CCCc1nnc(N2CCOC(c3ccc(F)cc3)C2)o1. The minimum absolute atomic E-state index is 0.110. The molecule has 1 aliphatic rings. The van der Waals surface area contributed by atoms with Crippen LogP contribution in [0, 0.1) is 5.82 Å². The van der Waals surface area contributed by atoms with E-state index in [0.717, 1.165) is 18.4 Å². The lowest BCUT2D eigenvalue weighted by molar-refractivity contribution is 0.0379. The van der Waals surface area contributed by atoms with Crippen molar-refractivity contribution in [3.8, 4) is 0 Å². The first kappa shape index (κ1) is 14.0. The largest absolute Gasteiger partial charge is 0.408 e. The molecule has 1 atom stereocenters. The maximum absolute atomic E-state index is 13.0. The Kier molecular flexibility index (Phi) is 4.15. The Hall–Kier alpha value is -1.95. The van der Waals surface area contributed by atoms with Gasteiger partial charge in [-0.15, -0.1) is 5.10 Å². The summed E-state index contributed by atoms with van der Waals surface area (Å²) in [6.45, 7) is 3.99. The fourth-order valence-corrected chi connectivity index (χ4v) is 2.39. The zero-order valence-corrected chi connectivity index (χ0v) is 12.0. The molecule has 1 fully saturated rings. The summed E-state index contributed by atoms with van der Waals surface area (Å²) < 4.78 is 24.4. The molecule has 0 spiro atoms. The van der Waals surface area contributed by atoms with Crippen LogP contribution in [-0.4, -0.2) is 29.9 Å². The van der Waals surface area contributed by atoms with E-state index in [1.807, 2.05) is 4.90 Å². The summed E-state index contributed by atoms with van der Waals surface area (Å²) in [5.74, 6) is 0.421. The van der Waals surface area contributed by atoms with Gasteiger partial charge in [-0.2, -0.15) is 0 Å². The van der Waals surface area contributed by atoms with Crippen LogP contribution in [0.4, 0.5) is 10.4 Å². The number of rotatable bonds is 4. The summed E-state index contributed by atoms with van der Waals surface area (Å²) in [5, 5.41) is 8.14. The summed E-state index contributed by atoms with van der Waals surface area (Å²) in [6.07, 6.45) is 1.66. The Bertz CT molecular complexity index is 585. The van der Waals surface area contributed by atoms with Crippen molar-refractivity contribution in [1.82, 2.24) is 10.2 Å². The average Bonchev–Trinajstić information content (AvgIpc) is 2.97. The summed E-state index contributed by atoms with van der Waals surface area (Å²) in [6, 6.07) is 6.93. The van der Waals surface area contributed by atoms with E-state index in [4.69, 9.17) is 9.15 Å². The Balaban J connectivity index is 1.71. The van der Waals surface area contributed by atoms with Crippen molar-refractivity contribution in [3.63, 3.8) is 0 Å². The molecule has 0 aliphatic carbocycles. The van der Waals surface area contributed by atoms with Crippen molar-refractivity contribution in [2.24, 2.45) is 0 Å². The van der Waals surface area contributed by atoms with Crippen LogP contribution in [0.2, 0.25) is 0 Å². The molecule has 1 saturated heterocycles. The Morgan fingerprint density at radius 2 is 2.10 bits per heavy atom. The van der Waals surface area contributed by atoms with Crippen LogP contribution in [0.15, 0.2) is 28.7 Å². The first-order valence-corrected chi connectivity index (χ1v) is 7.20. The average molecular weight is 291 g/mol. The molecule has 5 nitrogen and oxygen atoms in total. The van der Waals surface area contributed by atoms with Crippen LogP contribution >= 0.6 is 0 Å². The number of halogens is 1. The molecule has 0 bridgehead atoms. The van der Waals surface area contributed by atoms with Crippen molar-refractivity contribution in [1.29, 1.82) is 0 Å². The van der Waals surface area contributed by atoms with Crippen LogP contribution in [-0.2, 0) is 11.2 Å². The quantitative estimate of drug-likeness (QED) is 0.867. The number of ether oxygens (including phenoxy) is 1. The molecule has 1 aromatic carbocycles. The van der Waals surface area contributed by atoms with E-state index in [2.05, 4.69) is 17.1 Å². The van der Waals surface area contributed by atoms with Gasteiger partial charge in [0.1, 0.15) is 11.9 Å². The third kappa shape index (κ3) is 3.21. The summed E-state index contributed by atoms with van der Waals surface area (Å²) in [4.78, 5) is 2.02. The van der Waals surface area contributed by atoms with Gasteiger partial charge in [0.2, 0.25) is 5.89 Å². The minimum Gasteiger partial charge on any atom is -0.408 e. The topological polar surface area (TPSA) is 51.4 Å². The van der Waals surface area contributed by atoms with Gasteiger partial charge >= 0.3 is 6.01 Å². The van der Waals surface area contributed by atoms with Crippen molar-refractivity contribution < 1.29 is 13.5 Å². The van der Waals surface area contributed by atoms with E-state index in [9.17, 15) is 4.39 Å². The summed E-state index contributed by atoms with van der Waals surface area (Å²) >= 11 is 0. The van der Waals surface area contributed by atoms with Gasteiger partial charge in [-0.3, -0.25) is 0 Å². The number of nitrogens with zero attached hydrogens (tertiary/aromatic N) is 3. The molecule has 1 aliphatic heterocycles. The van der Waals surface area contributed by atoms with E-state index >= 15 is 0 Å². The molecule has 0 saturated carbocycles. The molecule has 6 heteroatoms. The Labute approximate surface area is 122 Å². The monoisotopic (exact) mass is 291 g/mol. The van der Waals surface area contributed by atoms with Gasteiger partial charge in [-0.25, -0.2) is 4.39 Å². The number of anilines is 1. The van der Waals surface area contributed by atoms with Gasteiger partial charge in [0.05, 0.1) is 13.2 Å². The van der Waals surface area contributed by atoms with Crippen LogP contribution < -0.4 is 4.90 Å². The number of aryl methyl sites for hydroxylation is 1. The number of aromatic nitrogens is 2. The van der Waals surface area contributed by atoms with Gasteiger partial charge in [0.25, 0.3) is 0 Å². The first-order chi connectivity index (χ1) is 10.3. The number of morpholine rings is 1. The predicted octanol–water partition coefficient (Wildman–Crippen LogP) is 2.74. The smallest absolute Gasteiger partial charge is 0.318 e. The molecular formula is C15H18FN3O2. The van der Waals surface area contributed by atoms with E-state index in [1.54, 1.807) is 12.1 Å². The van der Waals surface area contributed by atoms with Gasteiger partial charge in [0.15, 0.2) is 0 Å². The van der Waals surface area contributed by atoms with Crippen LogP contribution in [0.1, 0.15) is 30.9 Å². The second-order valence-electron chi connectivity index (χ2n) is 5.09. The van der Waals surface area contributed by atoms with Crippen molar-refractivity contribution in [2.75, 3.05) is 24.6 Å². The highest BCUT2D eigenvalue weighted by Gasteiger charge is 2.25. The number of benzene rings is 1. The second-order valence-corrected chi connectivity index (χ2v) is 5.09. The maximum atomic E-state index is 13.0. The number of hydrogen-bond acceptors (Lipinski definition) is 5. The van der Waals surface area contributed by atoms with Gasteiger partial charge in [0, 0.05) is 13.0 Å². The fourth-order valence-electron chi connectivity index (χ4n) is 2.39. The Morgan fingerprint density at radius 1 is 1.29 bits per heavy atom. The lowest BCUT2D eigenvalue weighted by atomic mass is 10.1. The Morgan fingerprint density at radius 3 is 2.86 bits per heavy atom. The molecule has 21 heavy (non-hydrogen) atoms. The summed E-state index contributed by atoms with van der Waals surface area (Å²) in [5.41, 5.74) is 0.953. The van der Waals surface area contributed by atoms with E-state index in [1.165, 1.54) is 12.1 Å². The highest BCUT2D eigenvalue weighted by molar-refractivity contribution is 5.28. The van der Waals surface area contributed by atoms with Crippen LogP contribution in [0.5, 0.6) is 0 Å². The van der Waals surface area contributed by atoms with Crippen LogP contribution in [0.25, 0.3) is 0 Å². The zero-order chi connectivity index (χ0) is 14.7. The molecule has 0 amide bonds. The normalized spacial score (nSPS) is 19.0. The van der Waals surface area contributed by atoms with Crippen LogP contribution in [0.3, 0.4) is 0 Å². The van der Waals surface area contributed by atoms with Gasteiger partial charge < -0.3 is 14.1 Å². The molecule has 112 valence electrons. The molecule has 1 unspecified atom stereocenters. The lowest BCUT2D eigenvalue weighted by Gasteiger charge is -2.31. The van der Waals surface area contributed by atoms with E-state index in [0.29, 0.717) is 31.6 Å². The molecule has 0 radical (unpaired) electrons. The number of hydrogen-bond donors (Lipinski definition) is 0. The van der Waals surface area contributed by atoms with Gasteiger partial charge in [-0.1, -0.05) is 24.2 Å². The molecule has 2 aromatic rings.